The largest absolute Gasteiger partial charge is 0.373 e. The molecule has 0 atom stereocenters. The maximum Gasteiger partial charge on any atom is 0.180 e. The van der Waals surface area contributed by atoms with Gasteiger partial charge in [-0.25, -0.2) is 14.4 Å². The van der Waals surface area contributed by atoms with E-state index in [1.165, 1.54) is 0 Å². The van der Waals surface area contributed by atoms with Crippen LogP contribution in [0.25, 0.3) is 22.6 Å². The van der Waals surface area contributed by atoms with Crippen molar-refractivity contribution in [2.45, 2.75) is 0 Å². The van der Waals surface area contributed by atoms with Crippen molar-refractivity contribution in [1.82, 2.24) is 15.0 Å². The molecule has 0 aliphatic rings. The Morgan fingerprint density at radius 2 is 2.05 bits per heavy atom. The molecule has 3 aromatic rings. The normalized spacial score (nSPS) is 10.9. The first-order valence-electron chi connectivity index (χ1n) is 5.68. The molecule has 2 N–H and O–H groups in total. The Kier molecular flexibility index (Phi) is 2.94. The summed E-state index contributed by atoms with van der Waals surface area (Å²) in [7, 11) is 1.79. The average Bonchev–Trinajstić information content (AvgIpc) is 2.84. The van der Waals surface area contributed by atoms with E-state index >= 15 is 0 Å². The molecule has 1 aromatic carbocycles. The molecule has 0 aliphatic heterocycles. The minimum atomic E-state index is -0.338. The molecule has 0 spiro atoms. The van der Waals surface area contributed by atoms with Gasteiger partial charge in [0, 0.05) is 7.05 Å². The number of rotatable bonds is 2. The molecule has 3 rings (SSSR count). The number of hydrogen-bond acceptors (Lipinski definition) is 3. The number of H-pyrrole nitrogens is 1. The summed E-state index contributed by atoms with van der Waals surface area (Å²) < 4.78 is 14.4. The SMILES string of the molecule is CNc1ccc2[nH]c(-c3cccc(Br)c3F)nc2n1. The Morgan fingerprint density at radius 1 is 1.21 bits per heavy atom. The highest BCUT2D eigenvalue weighted by atomic mass is 79.9. The van der Waals surface area contributed by atoms with E-state index in [4.69, 9.17) is 0 Å². The van der Waals surface area contributed by atoms with Gasteiger partial charge in [-0.2, -0.15) is 0 Å². The Morgan fingerprint density at radius 3 is 2.84 bits per heavy atom. The molecule has 19 heavy (non-hydrogen) atoms. The van der Waals surface area contributed by atoms with E-state index in [1.54, 1.807) is 25.2 Å². The molecule has 2 heterocycles. The number of hydrogen-bond donors (Lipinski definition) is 2. The minimum Gasteiger partial charge on any atom is -0.373 e. The Balaban J connectivity index is 2.18. The van der Waals surface area contributed by atoms with Gasteiger partial charge < -0.3 is 10.3 Å². The van der Waals surface area contributed by atoms with Gasteiger partial charge in [0.2, 0.25) is 0 Å². The van der Waals surface area contributed by atoms with E-state index in [-0.39, 0.29) is 5.82 Å². The number of pyridine rings is 1. The summed E-state index contributed by atoms with van der Waals surface area (Å²) in [6.07, 6.45) is 0. The third kappa shape index (κ3) is 2.08. The number of halogens is 2. The van der Waals surface area contributed by atoms with Crippen LogP contribution < -0.4 is 5.32 Å². The lowest BCUT2D eigenvalue weighted by Crippen LogP contribution is -1.91. The zero-order valence-electron chi connectivity index (χ0n) is 10.0. The highest BCUT2D eigenvalue weighted by Gasteiger charge is 2.12. The van der Waals surface area contributed by atoms with Crippen molar-refractivity contribution in [2.75, 3.05) is 12.4 Å². The standard InChI is InChI=1S/C13H10BrFN4/c1-16-10-6-5-9-13(18-10)19-12(17-9)7-3-2-4-8(14)11(7)15/h2-6H,1H3,(H2,16,17,18,19). The first kappa shape index (κ1) is 12.1. The third-order valence-electron chi connectivity index (χ3n) is 2.81. The van der Waals surface area contributed by atoms with Crippen LogP contribution in [0, 0.1) is 5.82 Å². The Labute approximate surface area is 117 Å². The molecule has 4 nitrogen and oxygen atoms in total. The predicted octanol–water partition coefficient (Wildman–Crippen LogP) is 3.57. The van der Waals surface area contributed by atoms with E-state index in [1.807, 2.05) is 12.1 Å². The second-order valence-corrected chi connectivity index (χ2v) is 4.86. The number of aromatic amines is 1. The summed E-state index contributed by atoms with van der Waals surface area (Å²) in [5.74, 6) is 0.852. The fourth-order valence-corrected chi connectivity index (χ4v) is 2.21. The van der Waals surface area contributed by atoms with Crippen LogP contribution in [0.2, 0.25) is 0 Å². The lowest BCUT2D eigenvalue weighted by molar-refractivity contribution is 0.623. The summed E-state index contributed by atoms with van der Waals surface area (Å²) in [6.45, 7) is 0. The van der Waals surface area contributed by atoms with Gasteiger partial charge in [0.05, 0.1) is 15.6 Å². The van der Waals surface area contributed by atoms with Crippen LogP contribution in [0.5, 0.6) is 0 Å². The summed E-state index contributed by atoms with van der Waals surface area (Å²) in [5.41, 5.74) is 1.74. The zero-order chi connectivity index (χ0) is 13.4. The average molecular weight is 321 g/mol. The smallest absolute Gasteiger partial charge is 0.180 e. The highest BCUT2D eigenvalue weighted by molar-refractivity contribution is 9.10. The van der Waals surface area contributed by atoms with Crippen molar-refractivity contribution >= 4 is 32.9 Å². The topological polar surface area (TPSA) is 53.6 Å². The number of fused-ring (bicyclic) bond motifs is 1. The lowest BCUT2D eigenvalue weighted by atomic mass is 10.2. The van der Waals surface area contributed by atoms with E-state index < -0.39 is 0 Å². The molecule has 0 fully saturated rings. The van der Waals surface area contributed by atoms with E-state index in [2.05, 4.69) is 36.2 Å². The molecular weight excluding hydrogens is 311 g/mol. The number of benzene rings is 1. The van der Waals surface area contributed by atoms with Gasteiger partial charge >= 0.3 is 0 Å². The monoisotopic (exact) mass is 320 g/mol. The molecule has 0 saturated carbocycles. The van der Waals surface area contributed by atoms with Crippen molar-refractivity contribution in [2.24, 2.45) is 0 Å². The molecule has 0 bridgehead atoms. The zero-order valence-corrected chi connectivity index (χ0v) is 11.6. The Bertz CT molecular complexity index is 753. The van der Waals surface area contributed by atoms with Crippen LogP contribution in [-0.2, 0) is 0 Å². The van der Waals surface area contributed by atoms with Crippen molar-refractivity contribution in [3.8, 4) is 11.4 Å². The van der Waals surface area contributed by atoms with E-state index in [0.29, 0.717) is 21.5 Å². The Hall–Kier alpha value is -1.95. The maximum absolute atomic E-state index is 14.0. The molecule has 6 heteroatoms. The lowest BCUT2D eigenvalue weighted by Gasteiger charge is -2.00. The van der Waals surface area contributed by atoms with Crippen LogP contribution in [0.3, 0.4) is 0 Å². The number of imidazole rings is 1. The summed E-state index contributed by atoms with van der Waals surface area (Å²) in [6, 6.07) is 8.79. The predicted molar refractivity (Wildman–Crippen MR) is 76.5 cm³/mol. The van der Waals surface area contributed by atoms with E-state index in [9.17, 15) is 4.39 Å². The molecule has 0 radical (unpaired) electrons. The van der Waals surface area contributed by atoms with Gasteiger partial charge in [0.1, 0.15) is 17.5 Å². The highest BCUT2D eigenvalue weighted by Crippen LogP contribution is 2.27. The van der Waals surface area contributed by atoms with Crippen molar-refractivity contribution in [3.05, 3.63) is 40.6 Å². The summed E-state index contributed by atoms with van der Waals surface area (Å²) in [4.78, 5) is 11.7. The number of nitrogens with one attached hydrogen (secondary N) is 2. The first-order chi connectivity index (χ1) is 9.19. The van der Waals surface area contributed by atoms with Crippen LogP contribution in [-0.4, -0.2) is 22.0 Å². The third-order valence-corrected chi connectivity index (χ3v) is 3.42. The number of aromatic nitrogens is 3. The van der Waals surface area contributed by atoms with Gasteiger partial charge in [-0.05, 0) is 40.2 Å². The van der Waals surface area contributed by atoms with Crippen LogP contribution in [0.1, 0.15) is 0 Å². The number of anilines is 1. The fourth-order valence-electron chi connectivity index (χ4n) is 1.85. The second-order valence-electron chi connectivity index (χ2n) is 4.00. The van der Waals surface area contributed by atoms with Crippen molar-refractivity contribution in [3.63, 3.8) is 0 Å². The van der Waals surface area contributed by atoms with Gasteiger partial charge in [0.25, 0.3) is 0 Å². The van der Waals surface area contributed by atoms with Gasteiger partial charge in [-0.3, -0.25) is 0 Å². The van der Waals surface area contributed by atoms with E-state index in [0.717, 1.165) is 11.3 Å². The van der Waals surface area contributed by atoms with Crippen LogP contribution >= 0.6 is 15.9 Å². The molecule has 0 unspecified atom stereocenters. The molecular formula is C13H10BrFN4. The molecule has 0 amide bonds. The number of nitrogens with zero attached hydrogens (tertiary/aromatic N) is 2. The molecule has 0 aliphatic carbocycles. The van der Waals surface area contributed by atoms with Crippen LogP contribution in [0.4, 0.5) is 10.2 Å². The summed E-state index contributed by atoms with van der Waals surface area (Å²) in [5, 5.41) is 2.94. The van der Waals surface area contributed by atoms with Gasteiger partial charge in [-0.1, -0.05) is 6.07 Å². The van der Waals surface area contributed by atoms with Crippen LogP contribution in [0.15, 0.2) is 34.8 Å². The van der Waals surface area contributed by atoms with Crippen molar-refractivity contribution < 1.29 is 4.39 Å². The first-order valence-corrected chi connectivity index (χ1v) is 6.47. The quantitative estimate of drug-likeness (QED) is 0.759. The molecule has 2 aromatic heterocycles. The summed E-state index contributed by atoms with van der Waals surface area (Å²) >= 11 is 3.17. The minimum absolute atomic E-state index is 0.338. The van der Waals surface area contributed by atoms with Gasteiger partial charge in [-0.15, -0.1) is 0 Å². The fraction of sp³-hybridized carbons (Fsp3) is 0.0769. The molecule has 0 saturated heterocycles. The van der Waals surface area contributed by atoms with Gasteiger partial charge in [0.15, 0.2) is 5.65 Å². The maximum atomic E-state index is 14.0. The van der Waals surface area contributed by atoms with Crippen molar-refractivity contribution in [1.29, 1.82) is 0 Å². The molecule has 96 valence electrons. The second kappa shape index (κ2) is 4.62.